The van der Waals surface area contributed by atoms with Gasteiger partial charge >= 0.3 is 5.69 Å². The van der Waals surface area contributed by atoms with Gasteiger partial charge in [-0.05, 0) is 18.8 Å². The quantitative estimate of drug-likeness (QED) is 0.668. The Labute approximate surface area is 109 Å². The average molecular weight is 272 g/mol. The monoisotopic (exact) mass is 271 g/mol. The topological polar surface area (TPSA) is 79.5 Å². The van der Waals surface area contributed by atoms with E-state index in [9.17, 15) is 10.1 Å². The van der Waals surface area contributed by atoms with Crippen LogP contribution in [0.5, 0.6) is 0 Å². The summed E-state index contributed by atoms with van der Waals surface area (Å²) in [6.07, 6.45) is 3.06. The minimum Gasteiger partial charge on any atom is -0.396 e. The third-order valence-corrected chi connectivity index (χ3v) is 3.34. The minimum atomic E-state index is -0.465. The second kappa shape index (κ2) is 5.49. The third kappa shape index (κ3) is 2.70. The number of halogens is 1. The van der Waals surface area contributed by atoms with E-state index < -0.39 is 4.92 Å². The number of rotatable bonds is 4. The van der Waals surface area contributed by atoms with Crippen LogP contribution in [0.4, 0.5) is 11.5 Å². The van der Waals surface area contributed by atoms with Gasteiger partial charge in [0, 0.05) is 32.0 Å². The standard InChI is InChI=1S/C11H14ClN3O3/c12-9-5-10(15(17)18)11(13-6-9)14-3-1-8(7-14)2-4-16/h5-6,8,16H,1-4,7H2. The fraction of sp³-hybridized carbons (Fsp3) is 0.545. The Hall–Kier alpha value is -1.40. The Morgan fingerprint density at radius 1 is 1.67 bits per heavy atom. The molecule has 2 heterocycles. The Bertz CT molecular complexity index is 455. The molecule has 1 unspecified atom stereocenters. The van der Waals surface area contributed by atoms with E-state index in [1.54, 1.807) is 0 Å². The summed E-state index contributed by atoms with van der Waals surface area (Å²) in [6, 6.07) is 1.32. The third-order valence-electron chi connectivity index (χ3n) is 3.13. The maximum atomic E-state index is 11.0. The lowest BCUT2D eigenvalue weighted by Crippen LogP contribution is -2.22. The van der Waals surface area contributed by atoms with Crippen LogP contribution < -0.4 is 4.90 Å². The molecule has 2 rings (SSSR count). The molecule has 1 N–H and O–H groups in total. The number of anilines is 1. The normalized spacial score (nSPS) is 19.2. The number of aromatic nitrogens is 1. The molecule has 0 aliphatic carbocycles. The number of nitro groups is 1. The lowest BCUT2D eigenvalue weighted by Gasteiger charge is -2.17. The molecule has 0 bridgehead atoms. The first-order valence-electron chi connectivity index (χ1n) is 5.77. The van der Waals surface area contributed by atoms with E-state index in [0.717, 1.165) is 19.4 Å². The maximum absolute atomic E-state index is 11.0. The van der Waals surface area contributed by atoms with Crippen LogP contribution in [0.3, 0.4) is 0 Å². The van der Waals surface area contributed by atoms with Gasteiger partial charge in [0.1, 0.15) is 0 Å². The summed E-state index contributed by atoms with van der Waals surface area (Å²) in [6.45, 7) is 1.56. The molecule has 0 spiro atoms. The van der Waals surface area contributed by atoms with Crippen molar-refractivity contribution in [1.82, 2.24) is 4.98 Å². The summed E-state index contributed by atoms with van der Waals surface area (Å²) in [4.78, 5) is 16.5. The molecule has 0 radical (unpaired) electrons. The van der Waals surface area contributed by atoms with Crippen LogP contribution in [-0.2, 0) is 0 Å². The van der Waals surface area contributed by atoms with Crippen molar-refractivity contribution in [3.63, 3.8) is 0 Å². The van der Waals surface area contributed by atoms with Gasteiger partial charge in [-0.2, -0.15) is 0 Å². The Balaban J connectivity index is 2.21. The molecule has 7 heteroatoms. The molecule has 1 aliphatic heterocycles. The average Bonchev–Trinajstić information content (AvgIpc) is 2.78. The van der Waals surface area contributed by atoms with Crippen LogP contribution in [-0.4, -0.2) is 34.7 Å². The maximum Gasteiger partial charge on any atom is 0.313 e. The van der Waals surface area contributed by atoms with Gasteiger partial charge in [0.2, 0.25) is 5.82 Å². The van der Waals surface area contributed by atoms with E-state index in [1.165, 1.54) is 12.3 Å². The predicted molar refractivity (Wildman–Crippen MR) is 67.9 cm³/mol. The van der Waals surface area contributed by atoms with Crippen LogP contribution >= 0.6 is 11.6 Å². The van der Waals surface area contributed by atoms with Crippen LogP contribution in [0, 0.1) is 16.0 Å². The van der Waals surface area contributed by atoms with Gasteiger partial charge in [0.05, 0.1) is 9.95 Å². The highest BCUT2D eigenvalue weighted by Gasteiger charge is 2.28. The fourth-order valence-corrected chi connectivity index (χ4v) is 2.39. The summed E-state index contributed by atoms with van der Waals surface area (Å²) in [5.74, 6) is 0.733. The minimum absolute atomic E-state index is 0.0628. The van der Waals surface area contributed by atoms with E-state index in [2.05, 4.69) is 4.98 Å². The molecule has 0 aromatic carbocycles. The molecule has 1 saturated heterocycles. The summed E-state index contributed by atoms with van der Waals surface area (Å²) < 4.78 is 0. The largest absolute Gasteiger partial charge is 0.396 e. The SMILES string of the molecule is O=[N+]([O-])c1cc(Cl)cnc1N1CCC(CCO)C1. The van der Waals surface area contributed by atoms with E-state index in [1.807, 2.05) is 4.90 Å². The van der Waals surface area contributed by atoms with Gasteiger partial charge in [-0.25, -0.2) is 4.98 Å². The second-order valence-electron chi connectivity index (χ2n) is 4.37. The van der Waals surface area contributed by atoms with Crippen LogP contribution in [0.25, 0.3) is 0 Å². The second-order valence-corrected chi connectivity index (χ2v) is 4.80. The molecule has 1 fully saturated rings. The van der Waals surface area contributed by atoms with E-state index >= 15 is 0 Å². The van der Waals surface area contributed by atoms with Crippen molar-refractivity contribution in [2.75, 3.05) is 24.6 Å². The van der Waals surface area contributed by atoms with E-state index in [4.69, 9.17) is 16.7 Å². The Kier molecular flexibility index (Phi) is 3.98. The zero-order valence-electron chi connectivity index (χ0n) is 9.75. The summed E-state index contributed by atoms with van der Waals surface area (Å²) in [5.41, 5.74) is -0.0628. The van der Waals surface area contributed by atoms with Crippen molar-refractivity contribution in [2.24, 2.45) is 5.92 Å². The number of hydrogen-bond acceptors (Lipinski definition) is 5. The van der Waals surface area contributed by atoms with Gasteiger partial charge < -0.3 is 10.0 Å². The summed E-state index contributed by atoms with van der Waals surface area (Å²) in [5, 5.41) is 20.1. The number of aliphatic hydroxyl groups is 1. The molecule has 1 aromatic rings. The summed E-state index contributed by atoms with van der Waals surface area (Å²) in [7, 11) is 0. The number of hydrogen-bond donors (Lipinski definition) is 1. The highest BCUT2D eigenvalue weighted by molar-refractivity contribution is 6.30. The molecule has 6 nitrogen and oxygen atoms in total. The van der Waals surface area contributed by atoms with Crippen molar-refractivity contribution in [2.45, 2.75) is 12.8 Å². The van der Waals surface area contributed by atoms with Gasteiger partial charge in [0.25, 0.3) is 0 Å². The van der Waals surface area contributed by atoms with Gasteiger partial charge in [-0.15, -0.1) is 0 Å². The number of aliphatic hydroxyl groups excluding tert-OH is 1. The first-order chi connectivity index (χ1) is 8.61. The summed E-state index contributed by atoms with van der Waals surface area (Å²) >= 11 is 5.73. The highest BCUT2D eigenvalue weighted by Crippen LogP contribution is 2.32. The van der Waals surface area contributed by atoms with Crippen molar-refractivity contribution in [1.29, 1.82) is 0 Å². The van der Waals surface area contributed by atoms with Crippen molar-refractivity contribution in [3.8, 4) is 0 Å². The molecule has 1 atom stereocenters. The van der Waals surface area contributed by atoms with E-state index in [0.29, 0.717) is 18.3 Å². The zero-order valence-corrected chi connectivity index (χ0v) is 10.5. The molecule has 1 aromatic heterocycles. The molecule has 0 amide bonds. The Morgan fingerprint density at radius 2 is 2.44 bits per heavy atom. The van der Waals surface area contributed by atoms with Gasteiger partial charge in [0.15, 0.2) is 0 Å². The van der Waals surface area contributed by atoms with Gasteiger partial charge in [-0.3, -0.25) is 10.1 Å². The van der Waals surface area contributed by atoms with Crippen molar-refractivity contribution >= 4 is 23.1 Å². The Morgan fingerprint density at radius 3 is 3.11 bits per heavy atom. The first kappa shape index (κ1) is 13.0. The van der Waals surface area contributed by atoms with E-state index in [-0.39, 0.29) is 17.3 Å². The van der Waals surface area contributed by atoms with Crippen LogP contribution in [0.1, 0.15) is 12.8 Å². The lowest BCUT2D eigenvalue weighted by molar-refractivity contribution is -0.384. The van der Waals surface area contributed by atoms with Gasteiger partial charge in [-0.1, -0.05) is 11.6 Å². The first-order valence-corrected chi connectivity index (χ1v) is 6.15. The lowest BCUT2D eigenvalue weighted by atomic mass is 10.1. The predicted octanol–water partition coefficient (Wildman–Crippen LogP) is 1.85. The highest BCUT2D eigenvalue weighted by atomic mass is 35.5. The molecule has 18 heavy (non-hydrogen) atoms. The molecule has 0 saturated carbocycles. The van der Waals surface area contributed by atoms with Crippen molar-refractivity contribution in [3.05, 3.63) is 27.4 Å². The van der Waals surface area contributed by atoms with Crippen LogP contribution in [0.2, 0.25) is 5.02 Å². The molecule has 98 valence electrons. The molecular weight excluding hydrogens is 258 g/mol. The molecule has 1 aliphatic rings. The molecular formula is C11H14ClN3O3. The smallest absolute Gasteiger partial charge is 0.313 e. The fourth-order valence-electron chi connectivity index (χ4n) is 2.24. The van der Waals surface area contributed by atoms with Crippen LogP contribution in [0.15, 0.2) is 12.3 Å². The number of nitrogens with zero attached hydrogens (tertiary/aromatic N) is 3. The zero-order chi connectivity index (χ0) is 13.1. The van der Waals surface area contributed by atoms with Crippen molar-refractivity contribution < 1.29 is 10.0 Å². The number of pyridine rings is 1.